The molecule has 0 aliphatic rings. The van der Waals surface area contributed by atoms with Crippen LogP contribution in [0.3, 0.4) is 0 Å². The van der Waals surface area contributed by atoms with Gasteiger partial charge in [-0.3, -0.25) is 4.79 Å². The molecule has 0 heterocycles. The first-order valence-corrected chi connectivity index (χ1v) is 6.68. The molecule has 1 aromatic rings. The van der Waals surface area contributed by atoms with E-state index in [4.69, 9.17) is 5.73 Å². The van der Waals surface area contributed by atoms with Crippen molar-refractivity contribution >= 4 is 18.3 Å². The van der Waals surface area contributed by atoms with Crippen molar-refractivity contribution < 1.29 is 9.18 Å². The highest BCUT2D eigenvalue weighted by atomic mass is 35.5. The second-order valence-corrected chi connectivity index (χ2v) is 5.15. The van der Waals surface area contributed by atoms with Crippen LogP contribution in [0, 0.1) is 18.7 Å². The molecule has 20 heavy (non-hydrogen) atoms. The highest BCUT2D eigenvalue weighted by molar-refractivity contribution is 5.85. The quantitative estimate of drug-likeness (QED) is 0.878. The van der Waals surface area contributed by atoms with Gasteiger partial charge in [0.1, 0.15) is 5.82 Å². The Hall–Kier alpha value is -1.13. The molecule has 3 unspecified atom stereocenters. The highest BCUT2D eigenvalue weighted by Crippen LogP contribution is 2.17. The van der Waals surface area contributed by atoms with E-state index in [1.807, 2.05) is 26.8 Å². The first-order chi connectivity index (χ1) is 8.86. The van der Waals surface area contributed by atoms with E-state index >= 15 is 0 Å². The van der Waals surface area contributed by atoms with Crippen LogP contribution in [0.1, 0.15) is 44.4 Å². The summed E-state index contributed by atoms with van der Waals surface area (Å²) in [4.78, 5) is 11.9. The smallest absolute Gasteiger partial charge is 0.237 e. The number of nitrogens with two attached hydrogens (primary N) is 1. The Bertz CT molecular complexity index is 453. The number of aryl methyl sites for hydroxylation is 1. The first kappa shape index (κ1) is 18.9. The number of hydrogen-bond acceptors (Lipinski definition) is 2. The predicted molar refractivity (Wildman–Crippen MR) is 82.4 cm³/mol. The van der Waals surface area contributed by atoms with E-state index in [1.165, 1.54) is 6.07 Å². The molecule has 1 rings (SSSR count). The van der Waals surface area contributed by atoms with Gasteiger partial charge in [0.05, 0.1) is 12.1 Å². The molecule has 3 nitrogen and oxygen atoms in total. The fourth-order valence-corrected chi connectivity index (χ4v) is 1.78. The maximum atomic E-state index is 13.5. The van der Waals surface area contributed by atoms with E-state index in [-0.39, 0.29) is 36.1 Å². The van der Waals surface area contributed by atoms with Crippen molar-refractivity contribution in [1.29, 1.82) is 0 Å². The van der Waals surface area contributed by atoms with Crippen molar-refractivity contribution in [3.63, 3.8) is 0 Å². The lowest BCUT2D eigenvalue weighted by molar-refractivity contribution is -0.124. The minimum atomic E-state index is -0.525. The Kier molecular flexibility index (Phi) is 7.76. The zero-order chi connectivity index (χ0) is 14.6. The van der Waals surface area contributed by atoms with Crippen molar-refractivity contribution in [2.75, 3.05) is 0 Å². The Labute approximate surface area is 126 Å². The minimum Gasteiger partial charge on any atom is -0.348 e. The van der Waals surface area contributed by atoms with Gasteiger partial charge in [-0.15, -0.1) is 12.4 Å². The third-order valence-electron chi connectivity index (χ3n) is 3.61. The lowest BCUT2D eigenvalue weighted by atomic mass is 9.98. The second-order valence-electron chi connectivity index (χ2n) is 5.15. The van der Waals surface area contributed by atoms with Gasteiger partial charge in [0.2, 0.25) is 5.91 Å². The third kappa shape index (κ3) is 4.76. The number of carbonyl (C=O) groups is 1. The summed E-state index contributed by atoms with van der Waals surface area (Å²) < 4.78 is 13.5. The van der Waals surface area contributed by atoms with Gasteiger partial charge in [0, 0.05) is 0 Å². The number of benzene rings is 1. The summed E-state index contributed by atoms with van der Waals surface area (Å²) in [5.41, 5.74) is 7.20. The van der Waals surface area contributed by atoms with Crippen molar-refractivity contribution in [2.45, 2.75) is 46.2 Å². The molecule has 1 amide bonds. The van der Waals surface area contributed by atoms with E-state index < -0.39 is 6.04 Å². The normalized spacial score (nSPS) is 14.9. The van der Waals surface area contributed by atoms with Crippen LogP contribution in [0.4, 0.5) is 4.39 Å². The standard InChI is InChI=1S/C15H23FN2O.ClH/c1-5-9(2)14(17)15(19)18-11(4)12-7-6-10(3)13(16)8-12;/h6-9,11,14H,5,17H2,1-4H3,(H,18,19);1H. The molecule has 0 spiro atoms. The summed E-state index contributed by atoms with van der Waals surface area (Å²) in [6, 6.07) is 4.20. The van der Waals surface area contributed by atoms with Gasteiger partial charge < -0.3 is 11.1 Å². The number of rotatable bonds is 5. The molecular weight excluding hydrogens is 279 g/mol. The molecule has 0 fully saturated rings. The van der Waals surface area contributed by atoms with E-state index in [2.05, 4.69) is 5.32 Å². The zero-order valence-corrected chi connectivity index (χ0v) is 13.3. The molecule has 114 valence electrons. The topological polar surface area (TPSA) is 55.1 Å². The highest BCUT2D eigenvalue weighted by Gasteiger charge is 2.21. The molecule has 3 N–H and O–H groups in total. The van der Waals surface area contributed by atoms with Crippen LogP contribution in [0.2, 0.25) is 0 Å². The van der Waals surface area contributed by atoms with Gasteiger partial charge in [-0.05, 0) is 37.0 Å². The van der Waals surface area contributed by atoms with E-state index in [0.29, 0.717) is 5.56 Å². The summed E-state index contributed by atoms with van der Waals surface area (Å²) in [5, 5.41) is 2.83. The van der Waals surface area contributed by atoms with Gasteiger partial charge >= 0.3 is 0 Å². The average Bonchev–Trinajstić information content (AvgIpc) is 2.39. The number of hydrogen-bond donors (Lipinski definition) is 2. The molecule has 0 radical (unpaired) electrons. The fourth-order valence-electron chi connectivity index (χ4n) is 1.78. The molecular formula is C15H24ClFN2O. The Morgan fingerprint density at radius 1 is 1.40 bits per heavy atom. The summed E-state index contributed by atoms with van der Waals surface area (Å²) >= 11 is 0. The number of carbonyl (C=O) groups excluding carboxylic acids is 1. The number of nitrogens with one attached hydrogen (secondary N) is 1. The van der Waals surface area contributed by atoms with Gasteiger partial charge in [0.25, 0.3) is 0 Å². The number of amides is 1. The zero-order valence-electron chi connectivity index (χ0n) is 12.4. The van der Waals surface area contributed by atoms with Gasteiger partial charge in [0.15, 0.2) is 0 Å². The van der Waals surface area contributed by atoms with Crippen LogP contribution in [-0.2, 0) is 4.79 Å². The van der Waals surface area contributed by atoms with Crippen LogP contribution in [0.25, 0.3) is 0 Å². The molecule has 0 aliphatic heterocycles. The molecule has 0 aromatic heterocycles. The van der Waals surface area contributed by atoms with Crippen molar-refractivity contribution in [1.82, 2.24) is 5.32 Å². The minimum absolute atomic E-state index is 0. The Balaban J connectivity index is 0.00000361. The SMILES string of the molecule is CCC(C)C(N)C(=O)NC(C)c1ccc(C)c(F)c1.Cl. The largest absolute Gasteiger partial charge is 0.348 e. The maximum absolute atomic E-state index is 13.5. The van der Waals surface area contributed by atoms with Gasteiger partial charge in [-0.1, -0.05) is 32.4 Å². The Morgan fingerprint density at radius 3 is 2.50 bits per heavy atom. The molecule has 0 saturated carbocycles. The van der Waals surface area contributed by atoms with Crippen molar-refractivity contribution in [3.8, 4) is 0 Å². The van der Waals surface area contributed by atoms with Crippen LogP contribution in [0.15, 0.2) is 18.2 Å². The van der Waals surface area contributed by atoms with Crippen LogP contribution in [-0.4, -0.2) is 11.9 Å². The molecule has 0 aliphatic carbocycles. The van der Waals surface area contributed by atoms with Crippen LogP contribution >= 0.6 is 12.4 Å². The maximum Gasteiger partial charge on any atom is 0.237 e. The van der Waals surface area contributed by atoms with E-state index in [0.717, 1.165) is 12.0 Å². The van der Waals surface area contributed by atoms with Crippen LogP contribution < -0.4 is 11.1 Å². The second kappa shape index (κ2) is 8.22. The van der Waals surface area contributed by atoms with E-state index in [9.17, 15) is 9.18 Å². The summed E-state index contributed by atoms with van der Waals surface area (Å²) in [5.74, 6) is -0.324. The average molecular weight is 303 g/mol. The lowest BCUT2D eigenvalue weighted by Gasteiger charge is -2.21. The third-order valence-corrected chi connectivity index (χ3v) is 3.61. The summed E-state index contributed by atoms with van der Waals surface area (Å²) in [7, 11) is 0. The molecule has 3 atom stereocenters. The predicted octanol–water partition coefficient (Wildman–Crippen LogP) is 3.11. The fraction of sp³-hybridized carbons (Fsp3) is 0.533. The summed E-state index contributed by atoms with van der Waals surface area (Å²) in [6.07, 6.45) is 0.849. The molecule has 0 saturated heterocycles. The van der Waals surface area contributed by atoms with E-state index in [1.54, 1.807) is 13.0 Å². The first-order valence-electron chi connectivity index (χ1n) is 6.68. The summed E-state index contributed by atoms with van der Waals surface area (Å²) in [6.45, 7) is 7.48. The van der Waals surface area contributed by atoms with Gasteiger partial charge in [-0.2, -0.15) is 0 Å². The van der Waals surface area contributed by atoms with Gasteiger partial charge in [-0.25, -0.2) is 4.39 Å². The number of halogens is 2. The Morgan fingerprint density at radius 2 is 2.00 bits per heavy atom. The molecule has 1 aromatic carbocycles. The van der Waals surface area contributed by atoms with Crippen molar-refractivity contribution in [3.05, 3.63) is 35.1 Å². The monoisotopic (exact) mass is 302 g/mol. The van der Waals surface area contributed by atoms with Crippen molar-refractivity contribution in [2.24, 2.45) is 11.7 Å². The molecule has 0 bridgehead atoms. The lowest BCUT2D eigenvalue weighted by Crippen LogP contribution is -2.45. The molecule has 5 heteroatoms. The van der Waals surface area contributed by atoms with Crippen LogP contribution in [0.5, 0.6) is 0 Å².